The molecule has 0 radical (unpaired) electrons. The normalized spacial score (nSPS) is 11.7. The summed E-state index contributed by atoms with van der Waals surface area (Å²) in [5.74, 6) is 3.16. The Morgan fingerprint density at radius 1 is 0.800 bits per heavy atom. The Kier molecular flexibility index (Phi) is 7.11. The van der Waals surface area contributed by atoms with Crippen LogP contribution in [0.1, 0.15) is 12.5 Å². The SMILES string of the molecule is COc1ccc(N=C(Oc2cccc(C)c2)/C(C)=C/Oc2ccccc2OC)cc1. The fraction of sp³-hybridized carbons (Fsp3) is 0.160. The van der Waals surface area contributed by atoms with E-state index in [0.29, 0.717) is 23.1 Å². The number of aryl methyl sites for hydroxylation is 1. The summed E-state index contributed by atoms with van der Waals surface area (Å²) < 4.78 is 22.5. The molecule has 0 aliphatic rings. The lowest BCUT2D eigenvalue weighted by molar-refractivity contribution is 0.377. The van der Waals surface area contributed by atoms with Gasteiger partial charge in [0.05, 0.1) is 26.2 Å². The van der Waals surface area contributed by atoms with Crippen LogP contribution in [0.4, 0.5) is 5.69 Å². The molecule has 0 aromatic heterocycles. The highest BCUT2D eigenvalue weighted by Gasteiger charge is 2.09. The van der Waals surface area contributed by atoms with Crippen molar-refractivity contribution in [3.05, 3.63) is 90.2 Å². The van der Waals surface area contributed by atoms with Crippen LogP contribution in [0, 0.1) is 6.92 Å². The summed E-state index contributed by atoms with van der Waals surface area (Å²) in [6, 6.07) is 22.7. The van der Waals surface area contributed by atoms with Crippen LogP contribution in [0.25, 0.3) is 0 Å². The van der Waals surface area contributed by atoms with E-state index >= 15 is 0 Å². The molecule has 0 unspecified atom stereocenters. The highest BCUT2D eigenvalue weighted by atomic mass is 16.5. The third-order valence-corrected chi connectivity index (χ3v) is 4.28. The number of benzene rings is 3. The third kappa shape index (κ3) is 5.64. The van der Waals surface area contributed by atoms with Crippen molar-refractivity contribution >= 4 is 11.6 Å². The number of para-hydroxylation sites is 2. The van der Waals surface area contributed by atoms with Gasteiger partial charge in [0, 0.05) is 5.57 Å². The van der Waals surface area contributed by atoms with Gasteiger partial charge in [-0.2, -0.15) is 0 Å². The molecule has 3 aromatic carbocycles. The molecule has 154 valence electrons. The van der Waals surface area contributed by atoms with E-state index in [4.69, 9.17) is 18.9 Å². The van der Waals surface area contributed by atoms with Crippen LogP contribution in [0.5, 0.6) is 23.0 Å². The molecule has 3 rings (SSSR count). The molecular formula is C25H25NO4. The standard InChI is InChI=1S/C25H25NO4/c1-18-8-7-9-22(16-18)30-25(26-20-12-14-21(27-3)15-13-20)19(2)17-29-24-11-6-5-10-23(24)28-4/h5-17H,1-4H3/b19-17+,26-25?. The van der Waals surface area contributed by atoms with Crippen LogP contribution >= 0.6 is 0 Å². The first-order chi connectivity index (χ1) is 14.6. The number of aliphatic imine (C=N–C) groups is 1. The molecule has 0 atom stereocenters. The molecule has 0 saturated heterocycles. The van der Waals surface area contributed by atoms with Crippen molar-refractivity contribution in [3.8, 4) is 23.0 Å². The summed E-state index contributed by atoms with van der Waals surface area (Å²) in [4.78, 5) is 4.67. The number of hydrogen-bond donors (Lipinski definition) is 0. The molecule has 5 heteroatoms. The molecule has 3 aromatic rings. The van der Waals surface area contributed by atoms with Crippen molar-refractivity contribution in [1.82, 2.24) is 0 Å². The van der Waals surface area contributed by atoms with Crippen LogP contribution in [0.2, 0.25) is 0 Å². The molecule has 0 saturated carbocycles. The molecule has 0 fully saturated rings. The van der Waals surface area contributed by atoms with Gasteiger partial charge in [0.25, 0.3) is 0 Å². The minimum absolute atomic E-state index is 0.431. The Bertz CT molecular complexity index is 1040. The maximum Gasteiger partial charge on any atom is 0.225 e. The van der Waals surface area contributed by atoms with Crippen molar-refractivity contribution in [2.45, 2.75) is 13.8 Å². The Morgan fingerprint density at radius 3 is 2.20 bits per heavy atom. The van der Waals surface area contributed by atoms with Crippen molar-refractivity contribution in [2.24, 2.45) is 4.99 Å². The molecule has 0 heterocycles. The van der Waals surface area contributed by atoms with Crippen LogP contribution in [0.3, 0.4) is 0 Å². The number of methoxy groups -OCH3 is 2. The zero-order chi connectivity index (χ0) is 21.3. The molecule has 0 aliphatic carbocycles. The molecule has 0 N–H and O–H groups in total. The Hall–Kier alpha value is -3.73. The summed E-state index contributed by atoms with van der Waals surface area (Å²) >= 11 is 0. The number of ether oxygens (including phenoxy) is 4. The summed E-state index contributed by atoms with van der Waals surface area (Å²) in [6.07, 6.45) is 1.61. The first-order valence-corrected chi connectivity index (χ1v) is 9.53. The monoisotopic (exact) mass is 403 g/mol. The summed E-state index contributed by atoms with van der Waals surface area (Å²) in [5, 5.41) is 0. The average Bonchev–Trinajstić information content (AvgIpc) is 2.77. The number of nitrogens with zero attached hydrogens (tertiary/aromatic N) is 1. The lowest BCUT2D eigenvalue weighted by atomic mass is 10.2. The maximum atomic E-state index is 6.10. The average molecular weight is 403 g/mol. The number of hydrogen-bond acceptors (Lipinski definition) is 5. The highest BCUT2D eigenvalue weighted by Crippen LogP contribution is 2.27. The van der Waals surface area contributed by atoms with E-state index in [1.54, 1.807) is 20.5 Å². The zero-order valence-electron chi connectivity index (χ0n) is 17.6. The van der Waals surface area contributed by atoms with Gasteiger partial charge in [0.2, 0.25) is 5.90 Å². The fourth-order valence-electron chi connectivity index (χ4n) is 2.67. The van der Waals surface area contributed by atoms with Crippen molar-refractivity contribution in [1.29, 1.82) is 0 Å². The lowest BCUT2D eigenvalue weighted by Gasteiger charge is -2.12. The molecule has 5 nitrogen and oxygen atoms in total. The fourth-order valence-corrected chi connectivity index (χ4v) is 2.67. The van der Waals surface area contributed by atoms with E-state index in [1.165, 1.54) is 0 Å². The second kappa shape index (κ2) is 10.2. The molecule has 30 heavy (non-hydrogen) atoms. The van der Waals surface area contributed by atoms with Gasteiger partial charge in [-0.05, 0) is 67.9 Å². The van der Waals surface area contributed by atoms with E-state index in [1.807, 2.05) is 86.6 Å². The Morgan fingerprint density at radius 2 is 1.53 bits per heavy atom. The smallest absolute Gasteiger partial charge is 0.225 e. The minimum Gasteiger partial charge on any atom is -0.497 e. The predicted molar refractivity (Wildman–Crippen MR) is 119 cm³/mol. The van der Waals surface area contributed by atoms with Gasteiger partial charge in [-0.15, -0.1) is 0 Å². The van der Waals surface area contributed by atoms with Gasteiger partial charge in [0.1, 0.15) is 11.5 Å². The highest BCUT2D eigenvalue weighted by molar-refractivity contribution is 5.96. The molecule has 0 aliphatic heterocycles. The van der Waals surface area contributed by atoms with Gasteiger partial charge in [-0.25, -0.2) is 4.99 Å². The van der Waals surface area contributed by atoms with E-state index in [0.717, 1.165) is 22.6 Å². The summed E-state index contributed by atoms with van der Waals surface area (Å²) in [6.45, 7) is 3.90. The minimum atomic E-state index is 0.431. The van der Waals surface area contributed by atoms with Gasteiger partial charge in [-0.3, -0.25) is 0 Å². The lowest BCUT2D eigenvalue weighted by Crippen LogP contribution is -2.11. The Balaban J connectivity index is 1.91. The van der Waals surface area contributed by atoms with Crippen molar-refractivity contribution < 1.29 is 18.9 Å². The van der Waals surface area contributed by atoms with Crippen LogP contribution < -0.4 is 18.9 Å². The van der Waals surface area contributed by atoms with Crippen molar-refractivity contribution in [2.75, 3.05) is 14.2 Å². The number of rotatable bonds is 7. The second-order valence-corrected chi connectivity index (χ2v) is 6.60. The molecule has 0 amide bonds. The van der Waals surface area contributed by atoms with Crippen LogP contribution in [-0.2, 0) is 0 Å². The third-order valence-electron chi connectivity index (χ3n) is 4.28. The largest absolute Gasteiger partial charge is 0.497 e. The van der Waals surface area contributed by atoms with E-state index in [2.05, 4.69) is 4.99 Å². The van der Waals surface area contributed by atoms with E-state index in [9.17, 15) is 0 Å². The first-order valence-electron chi connectivity index (χ1n) is 9.53. The zero-order valence-corrected chi connectivity index (χ0v) is 17.6. The predicted octanol–water partition coefficient (Wildman–Crippen LogP) is 6.10. The van der Waals surface area contributed by atoms with Crippen LogP contribution in [0.15, 0.2) is 89.6 Å². The molecule has 0 spiro atoms. The Labute approximate surface area is 177 Å². The van der Waals surface area contributed by atoms with Gasteiger partial charge in [0.15, 0.2) is 11.5 Å². The van der Waals surface area contributed by atoms with E-state index < -0.39 is 0 Å². The topological polar surface area (TPSA) is 49.3 Å². The molecular weight excluding hydrogens is 378 g/mol. The maximum absolute atomic E-state index is 6.10. The van der Waals surface area contributed by atoms with Gasteiger partial charge < -0.3 is 18.9 Å². The van der Waals surface area contributed by atoms with Crippen molar-refractivity contribution in [3.63, 3.8) is 0 Å². The first kappa shape index (κ1) is 21.0. The van der Waals surface area contributed by atoms with Crippen LogP contribution in [-0.4, -0.2) is 20.1 Å². The second-order valence-electron chi connectivity index (χ2n) is 6.60. The summed E-state index contributed by atoms with van der Waals surface area (Å²) in [7, 11) is 3.24. The quantitative estimate of drug-likeness (QED) is 0.271. The van der Waals surface area contributed by atoms with Gasteiger partial charge in [-0.1, -0.05) is 24.3 Å². The van der Waals surface area contributed by atoms with E-state index in [-0.39, 0.29) is 0 Å². The molecule has 0 bridgehead atoms. The summed E-state index contributed by atoms with van der Waals surface area (Å²) in [5.41, 5.74) is 2.56. The van der Waals surface area contributed by atoms with Gasteiger partial charge >= 0.3 is 0 Å².